The van der Waals surface area contributed by atoms with E-state index in [-0.39, 0.29) is 18.3 Å². The van der Waals surface area contributed by atoms with E-state index in [1.54, 1.807) is 19.1 Å². The fourth-order valence-electron chi connectivity index (χ4n) is 2.09. The summed E-state index contributed by atoms with van der Waals surface area (Å²) in [5.41, 5.74) is 1.97. The summed E-state index contributed by atoms with van der Waals surface area (Å²) in [7, 11) is 1.83. The lowest BCUT2D eigenvalue weighted by Gasteiger charge is -2.17. The molecule has 0 spiro atoms. The van der Waals surface area contributed by atoms with Gasteiger partial charge in [-0.25, -0.2) is 4.39 Å². The fourth-order valence-corrected chi connectivity index (χ4v) is 2.29. The predicted octanol–water partition coefficient (Wildman–Crippen LogP) is 3.86. The number of nitrogens with zero attached hydrogens (tertiary/aromatic N) is 1. The van der Waals surface area contributed by atoms with E-state index in [4.69, 9.17) is 11.6 Å². The Balaban J connectivity index is 1.91. The lowest BCUT2D eigenvalue weighted by molar-refractivity contribution is -0.117. The molecule has 3 nitrogen and oxygen atoms in total. The van der Waals surface area contributed by atoms with Crippen molar-refractivity contribution in [1.82, 2.24) is 4.90 Å². The third-order valence-electron chi connectivity index (χ3n) is 3.27. The molecule has 0 bridgehead atoms. The maximum atomic E-state index is 13.4. The molecule has 0 saturated heterocycles. The second-order valence-corrected chi connectivity index (χ2v) is 5.68. The SMILES string of the molecule is Cc1ccc(NC(=O)CN(C)Cc2ccccc2Cl)cc1F. The Bertz CT molecular complexity index is 675. The third-order valence-corrected chi connectivity index (χ3v) is 3.64. The molecular formula is C17H18ClFN2O. The van der Waals surface area contributed by atoms with Gasteiger partial charge >= 0.3 is 0 Å². The minimum absolute atomic E-state index is 0.195. The van der Waals surface area contributed by atoms with Crippen LogP contribution in [0.2, 0.25) is 5.02 Å². The smallest absolute Gasteiger partial charge is 0.238 e. The minimum Gasteiger partial charge on any atom is -0.325 e. The lowest BCUT2D eigenvalue weighted by Crippen LogP contribution is -2.29. The number of likely N-dealkylation sites (N-methyl/N-ethyl adjacent to an activating group) is 1. The largest absolute Gasteiger partial charge is 0.325 e. The van der Waals surface area contributed by atoms with E-state index in [1.165, 1.54) is 6.07 Å². The molecule has 0 atom stereocenters. The number of nitrogens with one attached hydrogen (secondary N) is 1. The molecule has 0 aliphatic rings. The van der Waals surface area contributed by atoms with E-state index >= 15 is 0 Å². The highest BCUT2D eigenvalue weighted by atomic mass is 35.5. The van der Waals surface area contributed by atoms with Crippen LogP contribution < -0.4 is 5.32 Å². The molecule has 0 saturated carbocycles. The second-order valence-electron chi connectivity index (χ2n) is 5.28. The number of amides is 1. The molecule has 0 aliphatic heterocycles. The van der Waals surface area contributed by atoms with Gasteiger partial charge in [0, 0.05) is 17.3 Å². The topological polar surface area (TPSA) is 32.3 Å². The Hall–Kier alpha value is -1.91. The van der Waals surface area contributed by atoms with Crippen molar-refractivity contribution in [3.8, 4) is 0 Å². The van der Waals surface area contributed by atoms with Crippen molar-refractivity contribution in [2.45, 2.75) is 13.5 Å². The number of carbonyl (C=O) groups is 1. The number of hydrogen-bond donors (Lipinski definition) is 1. The van der Waals surface area contributed by atoms with Crippen LogP contribution in [0.3, 0.4) is 0 Å². The first-order valence-corrected chi connectivity index (χ1v) is 7.31. The van der Waals surface area contributed by atoms with Crippen LogP contribution in [0, 0.1) is 12.7 Å². The van der Waals surface area contributed by atoms with Gasteiger partial charge in [-0.2, -0.15) is 0 Å². The predicted molar refractivity (Wildman–Crippen MR) is 87.6 cm³/mol. The number of halogens is 2. The molecular weight excluding hydrogens is 303 g/mol. The highest BCUT2D eigenvalue weighted by Crippen LogP contribution is 2.17. The molecule has 0 radical (unpaired) electrons. The third kappa shape index (κ3) is 4.55. The number of carbonyl (C=O) groups excluding carboxylic acids is 1. The van der Waals surface area contributed by atoms with Crippen molar-refractivity contribution in [3.63, 3.8) is 0 Å². The molecule has 2 aromatic carbocycles. The van der Waals surface area contributed by atoms with E-state index in [0.29, 0.717) is 22.8 Å². The van der Waals surface area contributed by atoms with Gasteiger partial charge < -0.3 is 5.32 Å². The molecule has 2 aromatic rings. The van der Waals surface area contributed by atoms with Crippen molar-refractivity contribution in [3.05, 3.63) is 64.4 Å². The number of benzene rings is 2. The number of rotatable bonds is 5. The first kappa shape index (κ1) is 16.5. The second kappa shape index (κ2) is 7.38. The fraction of sp³-hybridized carbons (Fsp3) is 0.235. The average Bonchev–Trinajstić information content (AvgIpc) is 2.45. The maximum Gasteiger partial charge on any atom is 0.238 e. The van der Waals surface area contributed by atoms with Gasteiger partial charge in [-0.05, 0) is 43.3 Å². The molecule has 1 N–H and O–H groups in total. The lowest BCUT2D eigenvalue weighted by atomic mass is 10.2. The van der Waals surface area contributed by atoms with Crippen LogP contribution in [0.5, 0.6) is 0 Å². The van der Waals surface area contributed by atoms with Gasteiger partial charge in [-0.3, -0.25) is 9.69 Å². The first-order chi connectivity index (χ1) is 10.5. The number of aryl methyl sites for hydroxylation is 1. The van der Waals surface area contributed by atoms with Gasteiger partial charge in [-0.1, -0.05) is 35.9 Å². The molecule has 0 fully saturated rings. The Kier molecular flexibility index (Phi) is 5.52. The summed E-state index contributed by atoms with van der Waals surface area (Å²) >= 11 is 6.10. The first-order valence-electron chi connectivity index (χ1n) is 6.93. The van der Waals surface area contributed by atoms with Crippen LogP contribution >= 0.6 is 11.6 Å². The Morgan fingerprint density at radius 3 is 2.68 bits per heavy atom. The quantitative estimate of drug-likeness (QED) is 0.907. The highest BCUT2D eigenvalue weighted by molar-refractivity contribution is 6.31. The van der Waals surface area contributed by atoms with Crippen LogP contribution in [0.4, 0.5) is 10.1 Å². The molecule has 5 heteroatoms. The normalized spacial score (nSPS) is 10.8. The molecule has 0 heterocycles. The van der Waals surface area contributed by atoms with Crippen molar-refractivity contribution in [1.29, 1.82) is 0 Å². The van der Waals surface area contributed by atoms with E-state index < -0.39 is 0 Å². The molecule has 0 aliphatic carbocycles. The number of anilines is 1. The van der Waals surface area contributed by atoms with Gasteiger partial charge in [0.25, 0.3) is 0 Å². The molecule has 22 heavy (non-hydrogen) atoms. The monoisotopic (exact) mass is 320 g/mol. The Morgan fingerprint density at radius 2 is 2.00 bits per heavy atom. The molecule has 0 unspecified atom stereocenters. The van der Waals surface area contributed by atoms with Crippen molar-refractivity contribution < 1.29 is 9.18 Å². The minimum atomic E-state index is -0.331. The highest BCUT2D eigenvalue weighted by Gasteiger charge is 2.10. The van der Waals surface area contributed by atoms with Crippen LogP contribution in [0.25, 0.3) is 0 Å². The average molecular weight is 321 g/mol. The van der Waals surface area contributed by atoms with Crippen molar-refractivity contribution in [2.24, 2.45) is 0 Å². The van der Waals surface area contributed by atoms with E-state index in [9.17, 15) is 9.18 Å². The number of hydrogen-bond acceptors (Lipinski definition) is 2. The summed E-state index contributed by atoms with van der Waals surface area (Å²) in [5, 5.41) is 3.36. The Morgan fingerprint density at radius 1 is 1.27 bits per heavy atom. The van der Waals surface area contributed by atoms with Gasteiger partial charge in [0.1, 0.15) is 5.82 Å². The summed E-state index contributed by atoms with van der Waals surface area (Å²) in [6.07, 6.45) is 0. The maximum absolute atomic E-state index is 13.4. The van der Waals surface area contributed by atoms with E-state index in [1.807, 2.05) is 36.2 Å². The van der Waals surface area contributed by atoms with Gasteiger partial charge in [0.15, 0.2) is 0 Å². The molecule has 116 valence electrons. The van der Waals surface area contributed by atoms with Crippen LogP contribution in [-0.2, 0) is 11.3 Å². The summed E-state index contributed by atoms with van der Waals surface area (Å²) in [4.78, 5) is 13.8. The summed E-state index contributed by atoms with van der Waals surface area (Å²) in [5.74, 6) is -0.528. The van der Waals surface area contributed by atoms with Crippen molar-refractivity contribution in [2.75, 3.05) is 18.9 Å². The zero-order chi connectivity index (χ0) is 16.1. The molecule has 0 aromatic heterocycles. The standard InChI is InChI=1S/C17H18ClFN2O/c1-12-7-8-14(9-16(12)19)20-17(22)11-21(2)10-13-5-3-4-6-15(13)18/h3-9H,10-11H2,1-2H3,(H,20,22). The van der Waals surface area contributed by atoms with Crippen LogP contribution in [-0.4, -0.2) is 24.4 Å². The summed E-state index contributed by atoms with van der Waals surface area (Å²) < 4.78 is 13.4. The van der Waals surface area contributed by atoms with Crippen LogP contribution in [0.1, 0.15) is 11.1 Å². The molecule has 2 rings (SSSR count). The van der Waals surface area contributed by atoms with Crippen molar-refractivity contribution >= 4 is 23.2 Å². The van der Waals surface area contributed by atoms with Gasteiger partial charge in [-0.15, -0.1) is 0 Å². The Labute approximate surface area is 134 Å². The van der Waals surface area contributed by atoms with E-state index in [0.717, 1.165) is 5.56 Å². The van der Waals surface area contributed by atoms with E-state index in [2.05, 4.69) is 5.32 Å². The zero-order valence-electron chi connectivity index (χ0n) is 12.6. The summed E-state index contributed by atoms with van der Waals surface area (Å²) in [6, 6.07) is 12.2. The van der Waals surface area contributed by atoms with Gasteiger partial charge in [0.05, 0.1) is 6.54 Å². The van der Waals surface area contributed by atoms with Crippen LogP contribution in [0.15, 0.2) is 42.5 Å². The molecule has 1 amide bonds. The zero-order valence-corrected chi connectivity index (χ0v) is 13.3. The summed E-state index contributed by atoms with van der Waals surface area (Å²) in [6.45, 7) is 2.44. The van der Waals surface area contributed by atoms with Gasteiger partial charge in [0.2, 0.25) is 5.91 Å².